The molecule has 2 heterocycles. The number of benzene rings is 2. The minimum atomic E-state index is -0.225. The van der Waals surface area contributed by atoms with E-state index in [1.54, 1.807) is 19.2 Å². The number of ether oxygens (including phenoxy) is 2. The highest BCUT2D eigenvalue weighted by molar-refractivity contribution is 6.30. The highest BCUT2D eigenvalue weighted by Crippen LogP contribution is 2.30. The third kappa shape index (κ3) is 4.57. The fourth-order valence-electron chi connectivity index (χ4n) is 3.40. The molecule has 160 valence electrons. The van der Waals surface area contributed by atoms with Gasteiger partial charge in [0, 0.05) is 16.7 Å². The van der Waals surface area contributed by atoms with Crippen molar-refractivity contribution < 1.29 is 13.9 Å². The summed E-state index contributed by atoms with van der Waals surface area (Å²) in [4.78, 5) is 22.0. The summed E-state index contributed by atoms with van der Waals surface area (Å²) < 4.78 is 16.6. The molecule has 0 atom stereocenters. The lowest BCUT2D eigenvalue weighted by Crippen LogP contribution is -2.21. The third-order valence-corrected chi connectivity index (χ3v) is 5.15. The maximum atomic E-state index is 12.6. The van der Waals surface area contributed by atoms with E-state index in [0.717, 1.165) is 17.1 Å². The van der Waals surface area contributed by atoms with Crippen LogP contribution in [0.5, 0.6) is 11.5 Å². The van der Waals surface area contributed by atoms with E-state index >= 15 is 0 Å². The van der Waals surface area contributed by atoms with Crippen LogP contribution in [0.25, 0.3) is 22.2 Å². The summed E-state index contributed by atoms with van der Waals surface area (Å²) in [5, 5.41) is 1.13. The summed E-state index contributed by atoms with van der Waals surface area (Å²) in [6.45, 7) is 0.998. The summed E-state index contributed by atoms with van der Waals surface area (Å²) in [6, 6.07) is 14.7. The number of H-pyrrole nitrogens is 1. The van der Waals surface area contributed by atoms with Gasteiger partial charge in [-0.3, -0.25) is 9.69 Å². The van der Waals surface area contributed by atoms with Crippen molar-refractivity contribution in [3.8, 4) is 22.8 Å². The molecule has 2 aromatic heterocycles. The normalized spacial score (nSPS) is 11.3. The Bertz CT molecular complexity index is 1260. The van der Waals surface area contributed by atoms with E-state index < -0.39 is 0 Å². The van der Waals surface area contributed by atoms with E-state index in [4.69, 9.17) is 25.5 Å². The van der Waals surface area contributed by atoms with Crippen molar-refractivity contribution in [1.82, 2.24) is 14.9 Å². The van der Waals surface area contributed by atoms with Crippen molar-refractivity contribution in [2.75, 3.05) is 21.3 Å². The maximum absolute atomic E-state index is 12.6. The highest BCUT2D eigenvalue weighted by atomic mass is 35.5. The molecule has 0 aliphatic heterocycles. The van der Waals surface area contributed by atoms with Gasteiger partial charge in [-0.1, -0.05) is 11.6 Å². The lowest BCUT2D eigenvalue weighted by molar-refractivity contribution is 0.283. The molecule has 0 spiro atoms. The number of fused-ring (bicyclic) bond motifs is 1. The van der Waals surface area contributed by atoms with Crippen LogP contribution < -0.4 is 15.0 Å². The molecule has 0 amide bonds. The molecule has 0 aliphatic carbocycles. The lowest BCUT2D eigenvalue weighted by Gasteiger charge is -2.15. The molecule has 31 heavy (non-hydrogen) atoms. The largest absolute Gasteiger partial charge is 0.493 e. The Morgan fingerprint density at radius 1 is 1.03 bits per heavy atom. The predicted molar refractivity (Wildman–Crippen MR) is 120 cm³/mol. The van der Waals surface area contributed by atoms with Crippen molar-refractivity contribution in [1.29, 1.82) is 0 Å². The molecule has 7 nitrogen and oxygen atoms in total. The zero-order valence-electron chi connectivity index (χ0n) is 17.4. The second-order valence-electron chi connectivity index (χ2n) is 7.18. The van der Waals surface area contributed by atoms with Gasteiger partial charge >= 0.3 is 0 Å². The number of aromatic amines is 1. The fraction of sp³-hybridized carbons (Fsp3) is 0.217. The molecule has 4 aromatic rings. The standard InChI is InChI=1S/C23H22ClN3O4/c1-27(12-16-8-9-19(31-16)14-4-6-15(24)7-5-14)13-22-25-18-11-21(30-3)20(29-2)10-17(18)23(28)26-22/h4-11H,12-13H2,1-3H3,(H,25,26,28). The average Bonchev–Trinajstić information content (AvgIpc) is 3.21. The number of furan rings is 1. The van der Waals surface area contributed by atoms with Crippen LogP contribution in [0.2, 0.25) is 5.02 Å². The Balaban J connectivity index is 1.51. The average molecular weight is 440 g/mol. The smallest absolute Gasteiger partial charge is 0.258 e. The summed E-state index contributed by atoms with van der Waals surface area (Å²) in [6.07, 6.45) is 0. The van der Waals surface area contributed by atoms with Crippen molar-refractivity contribution >= 4 is 22.5 Å². The Kier molecular flexibility index (Phi) is 5.97. The highest BCUT2D eigenvalue weighted by Gasteiger charge is 2.13. The van der Waals surface area contributed by atoms with Gasteiger partial charge in [0.05, 0.1) is 38.2 Å². The first kappa shape index (κ1) is 21.0. The van der Waals surface area contributed by atoms with Crippen LogP contribution in [0.15, 0.2) is 57.7 Å². The van der Waals surface area contributed by atoms with Crippen LogP contribution in [-0.2, 0) is 13.1 Å². The molecule has 1 N–H and O–H groups in total. The number of rotatable bonds is 7. The molecule has 4 rings (SSSR count). The van der Waals surface area contributed by atoms with Crippen molar-refractivity contribution in [2.24, 2.45) is 0 Å². The zero-order chi connectivity index (χ0) is 22.0. The molecule has 2 aromatic carbocycles. The van der Waals surface area contributed by atoms with Gasteiger partial charge in [0.1, 0.15) is 17.3 Å². The molecular formula is C23H22ClN3O4. The first-order valence-electron chi connectivity index (χ1n) is 9.65. The van der Waals surface area contributed by atoms with Gasteiger partial charge in [-0.15, -0.1) is 0 Å². The van der Waals surface area contributed by atoms with Gasteiger partial charge in [0.2, 0.25) is 0 Å². The van der Waals surface area contributed by atoms with E-state index in [9.17, 15) is 4.79 Å². The van der Waals surface area contributed by atoms with Crippen molar-refractivity contribution in [2.45, 2.75) is 13.1 Å². The Morgan fingerprint density at radius 3 is 2.45 bits per heavy atom. The first-order valence-corrected chi connectivity index (χ1v) is 10.0. The summed E-state index contributed by atoms with van der Waals surface area (Å²) in [7, 11) is 5.01. The third-order valence-electron chi connectivity index (χ3n) is 4.90. The van der Waals surface area contributed by atoms with Gasteiger partial charge in [0.15, 0.2) is 11.5 Å². The summed E-state index contributed by atoms with van der Waals surface area (Å²) in [5.41, 5.74) is 1.29. The molecule has 0 saturated heterocycles. The number of nitrogens with zero attached hydrogens (tertiary/aromatic N) is 2. The number of methoxy groups -OCH3 is 2. The maximum Gasteiger partial charge on any atom is 0.258 e. The molecule has 0 aliphatic rings. The molecule has 0 radical (unpaired) electrons. The molecule has 8 heteroatoms. The number of halogens is 1. The number of nitrogens with one attached hydrogen (secondary N) is 1. The van der Waals surface area contributed by atoms with Crippen molar-refractivity contribution in [3.63, 3.8) is 0 Å². The monoisotopic (exact) mass is 439 g/mol. The minimum absolute atomic E-state index is 0.225. The summed E-state index contributed by atoms with van der Waals surface area (Å²) in [5.74, 6) is 3.15. The minimum Gasteiger partial charge on any atom is -0.493 e. The Hall–Kier alpha value is -3.29. The molecule has 0 bridgehead atoms. The zero-order valence-corrected chi connectivity index (χ0v) is 18.2. The Labute approximate surface area is 184 Å². The van der Waals surface area contributed by atoms with E-state index in [0.29, 0.717) is 46.3 Å². The van der Waals surface area contributed by atoms with Crippen molar-refractivity contribution in [3.05, 3.63) is 75.5 Å². The molecule has 0 saturated carbocycles. The van der Waals surface area contributed by atoms with E-state index in [1.165, 1.54) is 7.11 Å². The van der Waals surface area contributed by atoms with Crippen LogP contribution in [0.4, 0.5) is 0 Å². The van der Waals surface area contributed by atoms with E-state index in [-0.39, 0.29) is 5.56 Å². The predicted octanol–water partition coefficient (Wildman–Crippen LogP) is 4.49. The van der Waals surface area contributed by atoms with E-state index in [1.807, 2.05) is 48.3 Å². The topological polar surface area (TPSA) is 80.6 Å². The second kappa shape index (κ2) is 8.83. The van der Waals surface area contributed by atoms with Gasteiger partial charge in [0.25, 0.3) is 5.56 Å². The number of hydrogen-bond donors (Lipinski definition) is 1. The van der Waals surface area contributed by atoms with Gasteiger partial charge in [-0.05, 0) is 49.5 Å². The number of hydrogen-bond acceptors (Lipinski definition) is 6. The van der Waals surface area contributed by atoms with Crippen LogP contribution in [0.3, 0.4) is 0 Å². The van der Waals surface area contributed by atoms with Crippen LogP contribution in [0.1, 0.15) is 11.6 Å². The summed E-state index contributed by atoms with van der Waals surface area (Å²) >= 11 is 5.95. The quantitative estimate of drug-likeness (QED) is 0.457. The first-order chi connectivity index (χ1) is 15.0. The van der Waals surface area contributed by atoms with Gasteiger partial charge in [-0.2, -0.15) is 0 Å². The fourth-order valence-corrected chi connectivity index (χ4v) is 3.53. The lowest BCUT2D eigenvalue weighted by atomic mass is 10.2. The number of aromatic nitrogens is 2. The molecule has 0 fully saturated rings. The van der Waals surface area contributed by atoms with E-state index in [2.05, 4.69) is 9.97 Å². The second-order valence-corrected chi connectivity index (χ2v) is 7.62. The molecular weight excluding hydrogens is 418 g/mol. The van der Waals surface area contributed by atoms with Crippen LogP contribution in [0, 0.1) is 0 Å². The molecule has 0 unspecified atom stereocenters. The van der Waals surface area contributed by atoms with Gasteiger partial charge in [-0.25, -0.2) is 4.98 Å². The SMILES string of the molecule is COc1cc2nc(CN(C)Cc3ccc(-c4ccc(Cl)cc4)o3)[nH]c(=O)c2cc1OC. The van der Waals surface area contributed by atoms with Crippen LogP contribution in [-0.4, -0.2) is 36.1 Å². The van der Waals surface area contributed by atoms with Gasteiger partial charge < -0.3 is 18.9 Å². The van der Waals surface area contributed by atoms with Crippen LogP contribution >= 0.6 is 11.6 Å². The Morgan fingerprint density at radius 2 is 1.74 bits per heavy atom.